The molecule has 0 aromatic heterocycles. The summed E-state index contributed by atoms with van der Waals surface area (Å²) in [7, 11) is 0. The predicted molar refractivity (Wildman–Crippen MR) is 148 cm³/mol. The van der Waals surface area contributed by atoms with Crippen molar-refractivity contribution < 1.29 is 29.0 Å². The summed E-state index contributed by atoms with van der Waals surface area (Å²) < 4.78 is 12.6. The topological polar surface area (TPSA) is 96.4 Å². The SMILES string of the molecule is C[C@]12/C=C\CCCCOC(=O)[C@H]1[C@H]1C(=O)N([C@H](CO)c3ccccc3)C3C(=O)N(C4CCCCC4)CC=C[C@@]31O2. The second-order valence-corrected chi connectivity index (χ2v) is 12.1. The lowest BCUT2D eigenvalue weighted by molar-refractivity contribution is -0.162. The van der Waals surface area contributed by atoms with Crippen molar-refractivity contribution in [2.45, 2.75) is 87.6 Å². The van der Waals surface area contributed by atoms with Crippen molar-refractivity contribution in [2.24, 2.45) is 11.8 Å². The summed E-state index contributed by atoms with van der Waals surface area (Å²) in [4.78, 5) is 46.5. The smallest absolute Gasteiger partial charge is 0.313 e. The highest BCUT2D eigenvalue weighted by molar-refractivity contribution is 5.99. The molecule has 8 nitrogen and oxygen atoms in total. The van der Waals surface area contributed by atoms with Gasteiger partial charge in [0.1, 0.15) is 17.6 Å². The third kappa shape index (κ3) is 4.31. The number of amides is 2. The number of ether oxygens (including phenoxy) is 2. The molecule has 2 saturated heterocycles. The molecular formula is C32H40N2O6. The van der Waals surface area contributed by atoms with Gasteiger partial charge in [0, 0.05) is 12.6 Å². The van der Waals surface area contributed by atoms with E-state index in [1.54, 1.807) is 0 Å². The van der Waals surface area contributed by atoms with Crippen LogP contribution in [-0.4, -0.2) is 75.7 Å². The molecular weight excluding hydrogens is 508 g/mol. The highest BCUT2D eigenvalue weighted by Gasteiger charge is 2.75. The number of esters is 1. The Hall–Kier alpha value is -2.97. The van der Waals surface area contributed by atoms with Crippen LogP contribution in [0.15, 0.2) is 54.6 Å². The fourth-order valence-electron chi connectivity index (χ4n) is 7.84. The number of carbonyl (C=O) groups excluding carboxylic acids is 3. The van der Waals surface area contributed by atoms with Gasteiger partial charge in [-0.25, -0.2) is 0 Å². The van der Waals surface area contributed by atoms with E-state index in [9.17, 15) is 19.5 Å². The van der Waals surface area contributed by atoms with Crippen LogP contribution in [0.3, 0.4) is 0 Å². The van der Waals surface area contributed by atoms with Gasteiger partial charge in [-0.05, 0) is 44.6 Å². The molecule has 6 atom stereocenters. The molecule has 1 N–H and O–H groups in total. The zero-order valence-electron chi connectivity index (χ0n) is 23.2. The first-order chi connectivity index (χ1) is 19.4. The molecule has 3 fully saturated rings. The van der Waals surface area contributed by atoms with E-state index in [4.69, 9.17) is 9.47 Å². The number of aliphatic hydroxyl groups excluding tert-OH is 1. The van der Waals surface area contributed by atoms with Gasteiger partial charge in [0.25, 0.3) is 0 Å². The number of likely N-dealkylation sites (tertiary alicyclic amines) is 1. The maximum absolute atomic E-state index is 14.7. The van der Waals surface area contributed by atoms with Crippen molar-refractivity contribution >= 4 is 17.8 Å². The summed E-state index contributed by atoms with van der Waals surface area (Å²) in [6.45, 7) is 2.19. The molecule has 40 heavy (non-hydrogen) atoms. The predicted octanol–water partition coefficient (Wildman–Crippen LogP) is 3.71. The number of nitrogens with zero attached hydrogens (tertiary/aromatic N) is 2. The van der Waals surface area contributed by atoms with Gasteiger partial charge in [0.15, 0.2) is 0 Å². The van der Waals surface area contributed by atoms with Crippen LogP contribution in [0.2, 0.25) is 0 Å². The molecule has 4 aliphatic heterocycles. The lowest BCUT2D eigenvalue weighted by Crippen LogP contribution is -2.58. The second-order valence-electron chi connectivity index (χ2n) is 12.1. The number of aliphatic hydroxyl groups is 1. The van der Waals surface area contributed by atoms with Crippen molar-refractivity contribution in [3.05, 3.63) is 60.2 Å². The Morgan fingerprint density at radius 2 is 1.73 bits per heavy atom. The fraction of sp³-hybridized carbons (Fsp3) is 0.594. The molecule has 1 aromatic carbocycles. The number of hydrogen-bond acceptors (Lipinski definition) is 6. The minimum Gasteiger partial charge on any atom is -0.465 e. The van der Waals surface area contributed by atoms with E-state index >= 15 is 0 Å². The molecule has 214 valence electrons. The molecule has 1 unspecified atom stereocenters. The molecule has 1 spiro atoms. The number of cyclic esters (lactones) is 1. The Labute approximate surface area is 236 Å². The quantitative estimate of drug-likeness (QED) is 0.455. The number of rotatable bonds is 4. The molecule has 4 heterocycles. The van der Waals surface area contributed by atoms with Gasteiger partial charge < -0.3 is 24.4 Å². The third-order valence-corrected chi connectivity index (χ3v) is 9.68. The Morgan fingerprint density at radius 1 is 0.950 bits per heavy atom. The van der Waals surface area contributed by atoms with Crippen molar-refractivity contribution in [2.75, 3.05) is 19.8 Å². The van der Waals surface area contributed by atoms with E-state index in [1.807, 2.05) is 66.5 Å². The monoisotopic (exact) mass is 548 g/mol. The van der Waals surface area contributed by atoms with Gasteiger partial charge in [0.05, 0.1) is 30.8 Å². The maximum atomic E-state index is 14.7. The minimum absolute atomic E-state index is 0.0870. The molecule has 1 aliphatic carbocycles. The average molecular weight is 549 g/mol. The van der Waals surface area contributed by atoms with E-state index in [0.29, 0.717) is 6.54 Å². The van der Waals surface area contributed by atoms with Gasteiger partial charge in [-0.15, -0.1) is 0 Å². The Bertz CT molecular complexity index is 1190. The first-order valence-corrected chi connectivity index (χ1v) is 14.9. The zero-order chi connectivity index (χ0) is 27.9. The number of benzene rings is 1. The van der Waals surface area contributed by atoms with Gasteiger partial charge in [0.2, 0.25) is 11.8 Å². The summed E-state index contributed by atoms with van der Waals surface area (Å²) >= 11 is 0. The van der Waals surface area contributed by atoms with Crippen LogP contribution >= 0.6 is 0 Å². The fourth-order valence-corrected chi connectivity index (χ4v) is 7.84. The maximum Gasteiger partial charge on any atom is 0.313 e. The molecule has 1 aromatic rings. The van der Waals surface area contributed by atoms with Gasteiger partial charge in [-0.3, -0.25) is 14.4 Å². The largest absolute Gasteiger partial charge is 0.465 e. The average Bonchev–Trinajstić information content (AvgIpc) is 3.29. The molecule has 1 saturated carbocycles. The van der Waals surface area contributed by atoms with Gasteiger partial charge in [-0.1, -0.05) is 73.9 Å². The van der Waals surface area contributed by atoms with Crippen LogP contribution in [-0.2, 0) is 23.9 Å². The van der Waals surface area contributed by atoms with Crippen LogP contribution < -0.4 is 0 Å². The summed E-state index contributed by atoms with van der Waals surface area (Å²) in [6, 6.07) is 7.62. The van der Waals surface area contributed by atoms with Crippen LogP contribution in [0.1, 0.15) is 69.9 Å². The highest BCUT2D eigenvalue weighted by atomic mass is 16.6. The van der Waals surface area contributed by atoms with E-state index in [0.717, 1.165) is 56.9 Å². The second kappa shape index (κ2) is 10.8. The summed E-state index contributed by atoms with van der Waals surface area (Å²) in [6.07, 6.45) is 15.3. The van der Waals surface area contributed by atoms with Gasteiger partial charge >= 0.3 is 5.97 Å². The molecule has 6 rings (SSSR count). The molecule has 8 heteroatoms. The summed E-state index contributed by atoms with van der Waals surface area (Å²) in [5.74, 6) is -2.88. The van der Waals surface area contributed by atoms with Crippen LogP contribution in [0.5, 0.6) is 0 Å². The molecule has 0 radical (unpaired) electrons. The van der Waals surface area contributed by atoms with E-state index in [2.05, 4.69) is 0 Å². The minimum atomic E-state index is -1.36. The molecule has 0 bridgehead atoms. The third-order valence-electron chi connectivity index (χ3n) is 9.68. The van der Waals surface area contributed by atoms with Crippen molar-refractivity contribution in [1.82, 2.24) is 9.80 Å². The van der Waals surface area contributed by atoms with E-state index in [-0.39, 0.29) is 31.1 Å². The van der Waals surface area contributed by atoms with Crippen LogP contribution in [0.25, 0.3) is 0 Å². The van der Waals surface area contributed by atoms with Gasteiger partial charge in [-0.2, -0.15) is 0 Å². The standard InChI is InChI=1S/C32H40N2O6/c1-31-17-10-2-3-11-20-39-30(38)26(31)25-28(36)34(24(21-35)22-13-6-4-7-14-22)27-29(37)33(23-15-8-5-9-16-23)19-12-18-32(25,27)40-31/h4,6-7,10,12-14,17-18,23-27,35H,2-3,5,8-9,11,15-16,19-21H2,1H3/b17-10-/t24-,25+,26-,27?,31+,32+/m1/s1. The lowest BCUT2D eigenvalue weighted by Gasteiger charge is -2.42. The first-order valence-electron chi connectivity index (χ1n) is 14.9. The van der Waals surface area contributed by atoms with Crippen molar-refractivity contribution in [3.63, 3.8) is 0 Å². The number of hydrogen-bond donors (Lipinski definition) is 1. The Morgan fingerprint density at radius 3 is 2.48 bits per heavy atom. The highest BCUT2D eigenvalue weighted by Crippen LogP contribution is 2.58. The lowest BCUT2D eigenvalue weighted by atomic mass is 9.74. The number of carbonyl (C=O) groups is 3. The normalized spacial score (nSPS) is 36.4. The first kappa shape index (κ1) is 27.2. The number of allylic oxidation sites excluding steroid dienone is 1. The Kier molecular flexibility index (Phi) is 7.34. The molecule has 2 amide bonds. The number of fused-ring (bicyclic) bond motifs is 2. The Balaban J connectivity index is 1.50. The van der Waals surface area contributed by atoms with Crippen molar-refractivity contribution in [3.8, 4) is 0 Å². The van der Waals surface area contributed by atoms with E-state index < -0.39 is 41.1 Å². The van der Waals surface area contributed by atoms with Crippen LogP contribution in [0.4, 0.5) is 0 Å². The van der Waals surface area contributed by atoms with E-state index in [1.165, 1.54) is 4.90 Å². The zero-order valence-corrected chi connectivity index (χ0v) is 23.2. The van der Waals surface area contributed by atoms with Crippen LogP contribution in [0, 0.1) is 11.8 Å². The summed E-state index contributed by atoms with van der Waals surface area (Å²) in [5, 5.41) is 10.7. The van der Waals surface area contributed by atoms with Crippen molar-refractivity contribution in [1.29, 1.82) is 0 Å². The summed E-state index contributed by atoms with van der Waals surface area (Å²) in [5.41, 5.74) is -1.75. The molecule has 5 aliphatic rings.